The number of aliphatic carboxylic acids is 1. The van der Waals surface area contributed by atoms with Crippen LogP contribution >= 0.6 is 27.3 Å². The molecule has 1 aliphatic heterocycles. The van der Waals surface area contributed by atoms with Gasteiger partial charge in [0, 0.05) is 18.0 Å². The van der Waals surface area contributed by atoms with Crippen LogP contribution in [-0.4, -0.2) is 29.1 Å². The first-order valence-corrected chi connectivity index (χ1v) is 6.80. The molecule has 0 radical (unpaired) electrons. The van der Waals surface area contributed by atoms with Gasteiger partial charge in [0.25, 0.3) is 0 Å². The number of halogens is 1. The van der Waals surface area contributed by atoms with Crippen molar-refractivity contribution in [2.24, 2.45) is 5.41 Å². The van der Waals surface area contributed by atoms with Crippen LogP contribution < -0.4 is 0 Å². The fourth-order valence-corrected chi connectivity index (χ4v) is 3.55. The Hall–Kier alpha value is -0.390. The number of rotatable bonds is 3. The van der Waals surface area contributed by atoms with E-state index in [2.05, 4.69) is 26.9 Å². The lowest BCUT2D eigenvalue weighted by molar-refractivity contribution is -0.147. The van der Waals surface area contributed by atoms with E-state index in [0.29, 0.717) is 6.54 Å². The van der Waals surface area contributed by atoms with Crippen LogP contribution in [0.15, 0.2) is 15.9 Å². The number of carboxylic acid groups (broad SMARTS) is 1. The van der Waals surface area contributed by atoms with Crippen molar-refractivity contribution >= 4 is 33.2 Å². The number of carbonyl (C=O) groups is 1. The van der Waals surface area contributed by atoms with Gasteiger partial charge in [-0.25, -0.2) is 0 Å². The average Bonchev–Trinajstić information content (AvgIpc) is 2.75. The topological polar surface area (TPSA) is 40.5 Å². The van der Waals surface area contributed by atoms with Crippen LogP contribution in [-0.2, 0) is 11.3 Å². The van der Waals surface area contributed by atoms with Crippen molar-refractivity contribution in [2.45, 2.75) is 19.9 Å². The summed E-state index contributed by atoms with van der Waals surface area (Å²) in [5.41, 5.74) is -0.561. The molecule has 0 aliphatic carbocycles. The Bertz CT molecular complexity index is 406. The normalized spacial score (nSPS) is 26.1. The molecule has 0 amide bonds. The molecule has 1 aromatic heterocycles. The Balaban J connectivity index is 1.97. The van der Waals surface area contributed by atoms with Gasteiger partial charge in [-0.1, -0.05) is 0 Å². The highest BCUT2D eigenvalue weighted by Crippen LogP contribution is 2.32. The van der Waals surface area contributed by atoms with Crippen molar-refractivity contribution in [1.29, 1.82) is 0 Å². The molecule has 0 saturated carbocycles. The van der Waals surface area contributed by atoms with Gasteiger partial charge < -0.3 is 5.11 Å². The van der Waals surface area contributed by atoms with Gasteiger partial charge in [-0.2, -0.15) is 0 Å². The lowest BCUT2D eigenvalue weighted by Gasteiger charge is -2.19. The highest BCUT2D eigenvalue weighted by Gasteiger charge is 2.40. The third-order valence-electron chi connectivity index (χ3n) is 3.08. The summed E-state index contributed by atoms with van der Waals surface area (Å²) in [4.78, 5) is 14.6. The monoisotopic (exact) mass is 303 g/mol. The standard InChI is InChI=1S/C11H14BrNO2S/c1-11(10(14)15)4-5-13(7-11)6-8-2-3-9(12)16-8/h2-3H,4-7H2,1H3,(H,14,15). The van der Waals surface area contributed by atoms with Crippen molar-refractivity contribution in [3.05, 3.63) is 20.8 Å². The number of likely N-dealkylation sites (tertiary alicyclic amines) is 1. The SMILES string of the molecule is CC1(C(=O)O)CCN(Cc2ccc(Br)s2)C1. The molecule has 1 unspecified atom stereocenters. The highest BCUT2D eigenvalue weighted by atomic mass is 79.9. The molecule has 1 N–H and O–H groups in total. The van der Waals surface area contributed by atoms with E-state index in [4.69, 9.17) is 5.11 Å². The Kier molecular flexibility index (Phi) is 3.37. The van der Waals surface area contributed by atoms with Gasteiger partial charge in [0.05, 0.1) is 9.20 Å². The molecule has 2 rings (SSSR count). The molecule has 0 bridgehead atoms. The van der Waals surface area contributed by atoms with E-state index < -0.39 is 11.4 Å². The molecule has 1 saturated heterocycles. The summed E-state index contributed by atoms with van der Waals surface area (Å²) in [5, 5.41) is 9.13. The molecule has 5 heteroatoms. The summed E-state index contributed by atoms with van der Waals surface area (Å²) < 4.78 is 1.13. The Morgan fingerprint density at radius 2 is 2.44 bits per heavy atom. The molecule has 1 aliphatic rings. The first-order valence-electron chi connectivity index (χ1n) is 5.19. The van der Waals surface area contributed by atoms with Gasteiger partial charge in [-0.05, 0) is 48.0 Å². The Morgan fingerprint density at radius 3 is 2.94 bits per heavy atom. The van der Waals surface area contributed by atoms with E-state index >= 15 is 0 Å². The number of carboxylic acids is 1. The van der Waals surface area contributed by atoms with E-state index in [1.807, 2.05) is 13.0 Å². The summed E-state index contributed by atoms with van der Waals surface area (Å²) in [5.74, 6) is -0.678. The number of nitrogens with zero attached hydrogens (tertiary/aromatic N) is 1. The van der Waals surface area contributed by atoms with Crippen LogP contribution in [0.2, 0.25) is 0 Å². The molecule has 0 aromatic carbocycles. The van der Waals surface area contributed by atoms with Gasteiger partial charge in [-0.3, -0.25) is 9.69 Å². The minimum absolute atomic E-state index is 0.561. The smallest absolute Gasteiger partial charge is 0.310 e. The van der Waals surface area contributed by atoms with E-state index in [0.717, 1.165) is 23.3 Å². The molecule has 3 nitrogen and oxygen atoms in total. The van der Waals surface area contributed by atoms with Gasteiger partial charge >= 0.3 is 5.97 Å². The maximum absolute atomic E-state index is 11.1. The third-order valence-corrected chi connectivity index (χ3v) is 4.69. The van der Waals surface area contributed by atoms with Crippen LogP contribution in [0.25, 0.3) is 0 Å². The van der Waals surface area contributed by atoms with Crippen molar-refractivity contribution in [2.75, 3.05) is 13.1 Å². The molecule has 1 aromatic rings. The van der Waals surface area contributed by atoms with Crippen LogP contribution in [0.4, 0.5) is 0 Å². The first-order chi connectivity index (χ1) is 7.49. The fraction of sp³-hybridized carbons (Fsp3) is 0.545. The van der Waals surface area contributed by atoms with Crippen molar-refractivity contribution in [3.63, 3.8) is 0 Å². The summed E-state index contributed by atoms with van der Waals surface area (Å²) in [6, 6.07) is 4.12. The van der Waals surface area contributed by atoms with E-state index in [1.54, 1.807) is 11.3 Å². The molecular weight excluding hydrogens is 290 g/mol. The summed E-state index contributed by atoms with van der Waals surface area (Å²) in [6.07, 6.45) is 0.745. The second kappa shape index (κ2) is 4.47. The van der Waals surface area contributed by atoms with E-state index in [9.17, 15) is 4.79 Å². The van der Waals surface area contributed by atoms with Gasteiger partial charge in [-0.15, -0.1) is 11.3 Å². The second-order valence-corrected chi connectivity index (χ2v) is 7.08. The van der Waals surface area contributed by atoms with Crippen molar-refractivity contribution < 1.29 is 9.90 Å². The predicted octanol–water partition coefficient (Wildman–Crippen LogP) is 2.81. The Morgan fingerprint density at radius 1 is 1.69 bits per heavy atom. The quantitative estimate of drug-likeness (QED) is 0.933. The van der Waals surface area contributed by atoms with Crippen molar-refractivity contribution in [1.82, 2.24) is 4.90 Å². The first kappa shape index (κ1) is 12.1. The summed E-state index contributed by atoms with van der Waals surface area (Å²) in [7, 11) is 0. The minimum atomic E-state index is -0.678. The number of hydrogen-bond donors (Lipinski definition) is 1. The molecule has 1 atom stereocenters. The molecule has 1 fully saturated rings. The van der Waals surface area contributed by atoms with Crippen LogP contribution in [0, 0.1) is 5.41 Å². The molecule has 16 heavy (non-hydrogen) atoms. The minimum Gasteiger partial charge on any atom is -0.481 e. The number of hydrogen-bond acceptors (Lipinski definition) is 3. The van der Waals surface area contributed by atoms with Gasteiger partial charge in [0.2, 0.25) is 0 Å². The van der Waals surface area contributed by atoms with Gasteiger partial charge in [0.15, 0.2) is 0 Å². The zero-order valence-electron chi connectivity index (χ0n) is 9.07. The zero-order valence-corrected chi connectivity index (χ0v) is 11.5. The lowest BCUT2D eigenvalue weighted by Crippen LogP contribution is -2.31. The third kappa shape index (κ3) is 2.47. The molecule has 0 spiro atoms. The zero-order chi connectivity index (χ0) is 11.8. The van der Waals surface area contributed by atoms with E-state index in [-0.39, 0.29) is 0 Å². The highest BCUT2D eigenvalue weighted by molar-refractivity contribution is 9.11. The summed E-state index contributed by atoms with van der Waals surface area (Å²) in [6.45, 7) is 4.22. The average molecular weight is 304 g/mol. The van der Waals surface area contributed by atoms with Crippen LogP contribution in [0.3, 0.4) is 0 Å². The Labute approximate surface area is 107 Å². The summed E-state index contributed by atoms with van der Waals surface area (Å²) >= 11 is 5.14. The maximum atomic E-state index is 11.1. The van der Waals surface area contributed by atoms with Crippen LogP contribution in [0.5, 0.6) is 0 Å². The number of thiophene rings is 1. The van der Waals surface area contributed by atoms with Crippen molar-refractivity contribution in [3.8, 4) is 0 Å². The van der Waals surface area contributed by atoms with Gasteiger partial charge in [0.1, 0.15) is 0 Å². The van der Waals surface area contributed by atoms with E-state index in [1.165, 1.54) is 4.88 Å². The maximum Gasteiger partial charge on any atom is 0.310 e. The lowest BCUT2D eigenvalue weighted by atomic mass is 9.90. The molecular formula is C11H14BrNO2S. The predicted molar refractivity (Wildman–Crippen MR) is 67.7 cm³/mol. The second-order valence-electron chi connectivity index (χ2n) is 4.53. The van der Waals surface area contributed by atoms with Crippen LogP contribution in [0.1, 0.15) is 18.2 Å². The molecule has 2 heterocycles. The largest absolute Gasteiger partial charge is 0.481 e. The fourth-order valence-electron chi connectivity index (χ4n) is 2.02. The molecule has 88 valence electrons.